The van der Waals surface area contributed by atoms with Crippen LogP contribution in [-0.2, 0) is 6.42 Å². The average molecular weight is 284 g/mol. The lowest BCUT2D eigenvalue weighted by molar-refractivity contribution is 0.0678. The number of benzene rings is 1. The molecule has 4 N–H and O–H groups in total. The minimum atomic E-state index is -0.912. The van der Waals surface area contributed by atoms with Crippen molar-refractivity contribution < 1.29 is 5.11 Å². The molecule has 1 aromatic heterocycles. The Hall–Kier alpha value is -0.910. The zero-order valence-electron chi connectivity index (χ0n) is 9.00. The fraction of sp³-hybridized carbons (Fsp3) is 0.364. The molecule has 16 heavy (non-hydrogen) atoms. The molecule has 0 fully saturated rings. The van der Waals surface area contributed by atoms with Crippen molar-refractivity contribution in [1.82, 2.24) is 9.97 Å². The first-order chi connectivity index (χ1) is 7.50. The van der Waals surface area contributed by atoms with Crippen LogP contribution in [0.3, 0.4) is 0 Å². The number of nitrogens with zero attached hydrogens (tertiary/aromatic N) is 1. The minimum Gasteiger partial charge on any atom is -0.388 e. The number of nitrogens with one attached hydrogen (secondary N) is 1. The van der Waals surface area contributed by atoms with E-state index in [1.807, 2.05) is 18.2 Å². The summed E-state index contributed by atoms with van der Waals surface area (Å²) in [6.07, 6.45) is 0.426. The summed E-state index contributed by atoms with van der Waals surface area (Å²) >= 11 is 3.40. The standard InChI is InChI=1S/C11H14BrN3O/c1-11(16,6-13)5-10-14-8-3-2-7(12)4-9(8)15-10/h2-4,16H,5-6,13H2,1H3,(H,14,15). The van der Waals surface area contributed by atoms with Gasteiger partial charge in [-0.25, -0.2) is 4.98 Å². The summed E-state index contributed by atoms with van der Waals surface area (Å²) in [5.41, 5.74) is 6.41. The molecule has 1 atom stereocenters. The summed E-state index contributed by atoms with van der Waals surface area (Å²) in [7, 11) is 0. The third-order valence-electron chi connectivity index (χ3n) is 2.48. The van der Waals surface area contributed by atoms with E-state index in [1.54, 1.807) is 6.92 Å². The number of rotatable bonds is 3. The van der Waals surface area contributed by atoms with Gasteiger partial charge in [-0.15, -0.1) is 0 Å². The molecule has 2 aromatic rings. The van der Waals surface area contributed by atoms with Crippen molar-refractivity contribution >= 4 is 27.0 Å². The number of aromatic amines is 1. The Morgan fingerprint density at radius 2 is 2.31 bits per heavy atom. The third kappa shape index (κ3) is 2.42. The van der Waals surface area contributed by atoms with Gasteiger partial charge in [-0.1, -0.05) is 15.9 Å². The summed E-state index contributed by atoms with van der Waals surface area (Å²) in [5, 5.41) is 9.86. The van der Waals surface area contributed by atoms with E-state index >= 15 is 0 Å². The van der Waals surface area contributed by atoms with E-state index < -0.39 is 5.60 Å². The van der Waals surface area contributed by atoms with Crippen LogP contribution in [-0.4, -0.2) is 27.2 Å². The second-order valence-electron chi connectivity index (χ2n) is 4.22. The molecule has 1 heterocycles. The SMILES string of the molecule is CC(O)(CN)Cc1nc2ccc(Br)cc2[nH]1. The maximum Gasteiger partial charge on any atom is 0.110 e. The second kappa shape index (κ2) is 4.16. The number of aliphatic hydroxyl groups is 1. The van der Waals surface area contributed by atoms with E-state index in [2.05, 4.69) is 25.9 Å². The highest BCUT2D eigenvalue weighted by Gasteiger charge is 2.20. The van der Waals surface area contributed by atoms with Crippen LogP contribution in [0.1, 0.15) is 12.7 Å². The maximum atomic E-state index is 9.86. The molecule has 0 aliphatic heterocycles. The summed E-state index contributed by atoms with van der Waals surface area (Å²) in [5.74, 6) is 0.753. The molecule has 0 saturated heterocycles. The molecule has 4 nitrogen and oxygen atoms in total. The number of H-pyrrole nitrogens is 1. The normalized spacial score (nSPS) is 15.2. The van der Waals surface area contributed by atoms with E-state index in [1.165, 1.54) is 0 Å². The molecular formula is C11H14BrN3O. The third-order valence-corrected chi connectivity index (χ3v) is 2.97. The fourth-order valence-electron chi connectivity index (χ4n) is 1.55. The number of aromatic nitrogens is 2. The van der Waals surface area contributed by atoms with Crippen LogP contribution in [0.15, 0.2) is 22.7 Å². The van der Waals surface area contributed by atoms with Gasteiger partial charge in [0.05, 0.1) is 16.6 Å². The number of hydrogen-bond acceptors (Lipinski definition) is 3. The van der Waals surface area contributed by atoms with Crippen molar-refractivity contribution in [2.24, 2.45) is 5.73 Å². The Morgan fingerprint density at radius 3 is 3.00 bits per heavy atom. The van der Waals surface area contributed by atoms with E-state index in [-0.39, 0.29) is 6.54 Å². The Morgan fingerprint density at radius 1 is 1.56 bits per heavy atom. The summed E-state index contributed by atoms with van der Waals surface area (Å²) in [6.45, 7) is 1.92. The van der Waals surface area contributed by atoms with Gasteiger partial charge in [-0.3, -0.25) is 0 Å². The van der Waals surface area contributed by atoms with Crippen LogP contribution in [0.5, 0.6) is 0 Å². The number of hydrogen-bond donors (Lipinski definition) is 3. The van der Waals surface area contributed by atoms with Crippen molar-refractivity contribution in [3.8, 4) is 0 Å². The molecule has 5 heteroatoms. The van der Waals surface area contributed by atoms with Gasteiger partial charge in [0.25, 0.3) is 0 Å². The first-order valence-corrected chi connectivity index (χ1v) is 5.86. The van der Waals surface area contributed by atoms with Gasteiger partial charge in [0, 0.05) is 17.4 Å². The maximum absolute atomic E-state index is 9.86. The Kier molecular flexibility index (Phi) is 3.01. The van der Waals surface area contributed by atoms with E-state index in [0.717, 1.165) is 21.3 Å². The highest BCUT2D eigenvalue weighted by atomic mass is 79.9. The molecule has 0 aliphatic carbocycles. The van der Waals surface area contributed by atoms with Crippen LogP contribution >= 0.6 is 15.9 Å². The van der Waals surface area contributed by atoms with E-state index in [0.29, 0.717) is 6.42 Å². The highest BCUT2D eigenvalue weighted by molar-refractivity contribution is 9.10. The lowest BCUT2D eigenvalue weighted by Gasteiger charge is -2.18. The van der Waals surface area contributed by atoms with Crippen molar-refractivity contribution in [3.05, 3.63) is 28.5 Å². The van der Waals surface area contributed by atoms with Crippen molar-refractivity contribution in [1.29, 1.82) is 0 Å². The number of imidazole rings is 1. The van der Waals surface area contributed by atoms with E-state index in [4.69, 9.17) is 5.73 Å². The first-order valence-electron chi connectivity index (χ1n) is 5.07. The van der Waals surface area contributed by atoms with Gasteiger partial charge < -0.3 is 15.8 Å². The first kappa shape index (κ1) is 11.6. The number of nitrogens with two attached hydrogens (primary N) is 1. The van der Waals surface area contributed by atoms with Crippen molar-refractivity contribution in [2.75, 3.05) is 6.54 Å². The second-order valence-corrected chi connectivity index (χ2v) is 5.14. The quantitative estimate of drug-likeness (QED) is 0.801. The van der Waals surface area contributed by atoms with Crippen molar-refractivity contribution in [2.45, 2.75) is 18.9 Å². The largest absolute Gasteiger partial charge is 0.388 e. The molecule has 0 amide bonds. The highest BCUT2D eigenvalue weighted by Crippen LogP contribution is 2.19. The zero-order valence-corrected chi connectivity index (χ0v) is 10.6. The van der Waals surface area contributed by atoms with Gasteiger partial charge in [-0.2, -0.15) is 0 Å². The zero-order chi connectivity index (χ0) is 11.8. The Bertz CT molecular complexity index is 507. The van der Waals surface area contributed by atoms with Crippen LogP contribution in [0, 0.1) is 0 Å². The lowest BCUT2D eigenvalue weighted by atomic mass is 10.0. The molecule has 1 unspecified atom stereocenters. The van der Waals surface area contributed by atoms with Gasteiger partial charge >= 0.3 is 0 Å². The molecule has 86 valence electrons. The molecule has 0 aliphatic rings. The predicted molar refractivity (Wildman–Crippen MR) is 67.2 cm³/mol. The van der Waals surface area contributed by atoms with Gasteiger partial charge in [0.15, 0.2) is 0 Å². The fourth-order valence-corrected chi connectivity index (χ4v) is 1.91. The predicted octanol–water partition coefficient (Wildman–Crippen LogP) is 1.58. The molecule has 0 bridgehead atoms. The lowest BCUT2D eigenvalue weighted by Crippen LogP contribution is -2.36. The molecule has 0 radical (unpaired) electrons. The smallest absolute Gasteiger partial charge is 0.110 e. The van der Waals surface area contributed by atoms with Crippen molar-refractivity contribution in [3.63, 3.8) is 0 Å². The van der Waals surface area contributed by atoms with Crippen LogP contribution in [0.25, 0.3) is 11.0 Å². The minimum absolute atomic E-state index is 0.216. The Labute approximate surface area is 102 Å². The number of halogens is 1. The molecule has 0 spiro atoms. The number of fused-ring (bicyclic) bond motifs is 1. The van der Waals surface area contributed by atoms with Gasteiger partial charge in [-0.05, 0) is 25.1 Å². The average Bonchev–Trinajstić information content (AvgIpc) is 2.58. The van der Waals surface area contributed by atoms with Crippen LogP contribution in [0.2, 0.25) is 0 Å². The molecule has 2 rings (SSSR count). The summed E-state index contributed by atoms with van der Waals surface area (Å²) in [6, 6.07) is 5.83. The topological polar surface area (TPSA) is 74.9 Å². The van der Waals surface area contributed by atoms with Crippen LogP contribution in [0.4, 0.5) is 0 Å². The van der Waals surface area contributed by atoms with Gasteiger partial charge in [0.1, 0.15) is 5.82 Å². The van der Waals surface area contributed by atoms with E-state index in [9.17, 15) is 5.11 Å². The molecular weight excluding hydrogens is 270 g/mol. The van der Waals surface area contributed by atoms with Gasteiger partial charge in [0.2, 0.25) is 0 Å². The summed E-state index contributed by atoms with van der Waals surface area (Å²) < 4.78 is 1.00. The van der Waals surface area contributed by atoms with Crippen LogP contribution < -0.4 is 5.73 Å². The molecule has 0 saturated carbocycles. The monoisotopic (exact) mass is 283 g/mol. The summed E-state index contributed by atoms with van der Waals surface area (Å²) in [4.78, 5) is 7.57. The molecule has 1 aromatic carbocycles. The Balaban J connectivity index is 2.33.